The highest BCUT2D eigenvalue weighted by molar-refractivity contribution is 5.97. The topological polar surface area (TPSA) is 61.8 Å². The van der Waals surface area contributed by atoms with Gasteiger partial charge in [-0.1, -0.05) is 6.07 Å². The SMILES string of the molecule is COCCN1CCC(NC(=O)c2ccc(C)cc2O)C1. The molecule has 1 aromatic carbocycles. The first-order valence-electron chi connectivity index (χ1n) is 6.92. The highest BCUT2D eigenvalue weighted by Crippen LogP contribution is 2.19. The van der Waals surface area contributed by atoms with Gasteiger partial charge in [0.1, 0.15) is 5.75 Å². The molecule has 0 aromatic heterocycles. The first-order valence-corrected chi connectivity index (χ1v) is 6.92. The average molecular weight is 278 g/mol. The fourth-order valence-corrected chi connectivity index (χ4v) is 2.47. The first-order chi connectivity index (χ1) is 9.60. The molecular weight excluding hydrogens is 256 g/mol. The number of methoxy groups -OCH3 is 1. The van der Waals surface area contributed by atoms with Gasteiger partial charge in [-0.15, -0.1) is 0 Å². The summed E-state index contributed by atoms with van der Waals surface area (Å²) in [6.45, 7) is 5.28. The highest BCUT2D eigenvalue weighted by atomic mass is 16.5. The van der Waals surface area contributed by atoms with Crippen molar-refractivity contribution in [1.29, 1.82) is 0 Å². The minimum absolute atomic E-state index is 0.0386. The molecule has 0 aliphatic carbocycles. The smallest absolute Gasteiger partial charge is 0.255 e. The summed E-state index contributed by atoms with van der Waals surface area (Å²) < 4.78 is 5.05. The maximum atomic E-state index is 12.1. The van der Waals surface area contributed by atoms with Gasteiger partial charge in [-0.05, 0) is 31.0 Å². The Morgan fingerprint density at radius 3 is 3.05 bits per heavy atom. The number of carbonyl (C=O) groups excluding carboxylic acids is 1. The number of hydrogen-bond acceptors (Lipinski definition) is 4. The van der Waals surface area contributed by atoms with E-state index in [2.05, 4.69) is 10.2 Å². The Labute approximate surface area is 119 Å². The van der Waals surface area contributed by atoms with Crippen LogP contribution in [0.4, 0.5) is 0 Å². The Morgan fingerprint density at radius 1 is 1.55 bits per heavy atom. The Hall–Kier alpha value is -1.59. The molecule has 1 amide bonds. The maximum absolute atomic E-state index is 12.1. The molecule has 1 heterocycles. The van der Waals surface area contributed by atoms with Crippen molar-refractivity contribution >= 4 is 5.91 Å². The Kier molecular flexibility index (Phi) is 4.98. The molecule has 1 aliphatic rings. The fraction of sp³-hybridized carbons (Fsp3) is 0.533. The predicted octanol–water partition coefficient (Wildman–Crippen LogP) is 1.15. The summed E-state index contributed by atoms with van der Waals surface area (Å²) in [6, 6.07) is 5.24. The zero-order valence-corrected chi connectivity index (χ0v) is 12.1. The van der Waals surface area contributed by atoms with Crippen LogP contribution < -0.4 is 5.32 Å². The monoisotopic (exact) mass is 278 g/mol. The molecule has 1 atom stereocenters. The Balaban J connectivity index is 1.89. The van der Waals surface area contributed by atoms with Gasteiger partial charge < -0.3 is 15.2 Å². The van der Waals surface area contributed by atoms with E-state index in [4.69, 9.17) is 4.74 Å². The molecule has 2 rings (SSSR count). The zero-order chi connectivity index (χ0) is 14.5. The van der Waals surface area contributed by atoms with Gasteiger partial charge in [0.25, 0.3) is 5.91 Å². The van der Waals surface area contributed by atoms with Crippen molar-refractivity contribution in [2.75, 3.05) is 33.4 Å². The van der Waals surface area contributed by atoms with Crippen LogP contribution in [0.3, 0.4) is 0 Å². The number of hydrogen-bond donors (Lipinski definition) is 2. The first kappa shape index (κ1) is 14.8. The second-order valence-corrected chi connectivity index (χ2v) is 5.27. The summed E-state index contributed by atoms with van der Waals surface area (Å²) in [5.74, 6) is -0.169. The molecule has 1 saturated heterocycles. The van der Waals surface area contributed by atoms with Crippen LogP contribution in [0.2, 0.25) is 0 Å². The Morgan fingerprint density at radius 2 is 2.35 bits per heavy atom. The molecule has 2 N–H and O–H groups in total. The minimum Gasteiger partial charge on any atom is -0.507 e. The van der Waals surface area contributed by atoms with Gasteiger partial charge in [-0.3, -0.25) is 9.69 Å². The van der Waals surface area contributed by atoms with Gasteiger partial charge in [0.05, 0.1) is 12.2 Å². The molecular formula is C15H22N2O3. The van der Waals surface area contributed by atoms with Crippen LogP contribution in [0.1, 0.15) is 22.3 Å². The Bertz CT molecular complexity index is 476. The summed E-state index contributed by atoms with van der Waals surface area (Å²) in [5, 5.41) is 12.8. The van der Waals surface area contributed by atoms with Gasteiger partial charge in [0, 0.05) is 32.8 Å². The van der Waals surface area contributed by atoms with Crippen LogP contribution >= 0.6 is 0 Å². The van der Waals surface area contributed by atoms with Gasteiger partial charge in [0.2, 0.25) is 0 Å². The van der Waals surface area contributed by atoms with E-state index >= 15 is 0 Å². The maximum Gasteiger partial charge on any atom is 0.255 e. The van der Waals surface area contributed by atoms with E-state index in [1.165, 1.54) is 0 Å². The van der Waals surface area contributed by atoms with Gasteiger partial charge in [-0.2, -0.15) is 0 Å². The lowest BCUT2D eigenvalue weighted by Crippen LogP contribution is -2.37. The third-order valence-electron chi connectivity index (χ3n) is 3.62. The summed E-state index contributed by atoms with van der Waals surface area (Å²) in [5.41, 5.74) is 1.27. The van der Waals surface area contributed by atoms with Crippen molar-refractivity contribution in [1.82, 2.24) is 10.2 Å². The molecule has 0 bridgehead atoms. The molecule has 5 nitrogen and oxygen atoms in total. The summed E-state index contributed by atoms with van der Waals surface area (Å²) >= 11 is 0. The second kappa shape index (κ2) is 6.72. The molecule has 20 heavy (non-hydrogen) atoms. The molecule has 110 valence electrons. The third kappa shape index (κ3) is 3.71. The van der Waals surface area contributed by atoms with Crippen molar-refractivity contribution in [2.24, 2.45) is 0 Å². The van der Waals surface area contributed by atoms with Gasteiger partial charge >= 0.3 is 0 Å². The lowest BCUT2D eigenvalue weighted by Gasteiger charge is -2.16. The zero-order valence-electron chi connectivity index (χ0n) is 12.1. The predicted molar refractivity (Wildman–Crippen MR) is 77.0 cm³/mol. The second-order valence-electron chi connectivity index (χ2n) is 5.27. The number of aryl methyl sites for hydroxylation is 1. The van der Waals surface area contributed by atoms with E-state index in [1.807, 2.05) is 13.0 Å². The number of phenols is 1. The lowest BCUT2D eigenvalue weighted by atomic mass is 10.1. The van der Waals surface area contributed by atoms with Crippen molar-refractivity contribution in [2.45, 2.75) is 19.4 Å². The molecule has 0 saturated carbocycles. The standard InChI is InChI=1S/C15H22N2O3/c1-11-3-4-13(14(18)9-11)15(19)16-12-5-6-17(10-12)7-8-20-2/h3-4,9,12,18H,5-8,10H2,1-2H3,(H,16,19). The third-order valence-corrected chi connectivity index (χ3v) is 3.62. The number of rotatable bonds is 5. The number of carbonyl (C=O) groups is 1. The molecule has 1 fully saturated rings. The average Bonchev–Trinajstić information content (AvgIpc) is 2.83. The van der Waals surface area contributed by atoms with Crippen LogP contribution in [0.25, 0.3) is 0 Å². The van der Waals surface area contributed by atoms with Crippen LogP contribution in [-0.2, 0) is 4.74 Å². The number of ether oxygens (including phenoxy) is 1. The van der Waals surface area contributed by atoms with E-state index in [0.717, 1.165) is 31.6 Å². The number of amides is 1. The molecule has 1 unspecified atom stereocenters. The minimum atomic E-state index is -0.207. The van der Waals surface area contributed by atoms with E-state index in [-0.39, 0.29) is 17.7 Å². The normalized spacial score (nSPS) is 19.2. The largest absolute Gasteiger partial charge is 0.507 e. The van der Waals surface area contributed by atoms with Crippen molar-refractivity contribution < 1.29 is 14.6 Å². The molecule has 0 spiro atoms. The molecule has 0 radical (unpaired) electrons. The summed E-state index contributed by atoms with van der Waals surface area (Å²) in [7, 11) is 1.69. The van der Waals surface area contributed by atoms with Crippen LogP contribution in [0.5, 0.6) is 5.75 Å². The van der Waals surface area contributed by atoms with E-state index in [9.17, 15) is 9.90 Å². The molecule has 1 aromatic rings. The van der Waals surface area contributed by atoms with Crippen molar-refractivity contribution in [3.63, 3.8) is 0 Å². The van der Waals surface area contributed by atoms with Crippen LogP contribution in [0.15, 0.2) is 18.2 Å². The van der Waals surface area contributed by atoms with E-state index in [0.29, 0.717) is 12.2 Å². The number of nitrogens with zero attached hydrogens (tertiary/aromatic N) is 1. The number of likely N-dealkylation sites (tertiary alicyclic amines) is 1. The van der Waals surface area contributed by atoms with E-state index < -0.39 is 0 Å². The van der Waals surface area contributed by atoms with Crippen LogP contribution in [0, 0.1) is 6.92 Å². The van der Waals surface area contributed by atoms with Crippen LogP contribution in [-0.4, -0.2) is 55.3 Å². The number of phenolic OH excluding ortho intramolecular Hbond substituents is 1. The van der Waals surface area contributed by atoms with E-state index in [1.54, 1.807) is 19.2 Å². The number of nitrogens with one attached hydrogen (secondary N) is 1. The number of aromatic hydroxyl groups is 1. The van der Waals surface area contributed by atoms with Crippen molar-refractivity contribution in [3.05, 3.63) is 29.3 Å². The molecule has 5 heteroatoms. The van der Waals surface area contributed by atoms with Gasteiger partial charge in [0.15, 0.2) is 0 Å². The quantitative estimate of drug-likeness (QED) is 0.848. The highest BCUT2D eigenvalue weighted by Gasteiger charge is 2.24. The number of benzene rings is 1. The lowest BCUT2D eigenvalue weighted by molar-refractivity contribution is 0.0934. The van der Waals surface area contributed by atoms with Crippen molar-refractivity contribution in [3.8, 4) is 5.75 Å². The fourth-order valence-electron chi connectivity index (χ4n) is 2.47. The molecule has 1 aliphatic heterocycles. The summed E-state index contributed by atoms with van der Waals surface area (Å²) in [6.07, 6.45) is 0.933. The summed E-state index contributed by atoms with van der Waals surface area (Å²) in [4.78, 5) is 14.4. The van der Waals surface area contributed by atoms with Gasteiger partial charge in [-0.25, -0.2) is 0 Å².